The van der Waals surface area contributed by atoms with Crippen LogP contribution in [0.3, 0.4) is 0 Å². The van der Waals surface area contributed by atoms with E-state index in [1.165, 1.54) is 0 Å². The first-order chi connectivity index (χ1) is 8.95. The standard InChI is InChI=1S/C12H17N3O3S/c1-6-3-8(4-6)15-12(18)13-5-9-14-7(2)10(19-9)11(16)17/h6,8H,3-5H2,1-2H3,(H,16,17)(H2,13,15,18). The number of nitrogens with zero attached hydrogens (tertiary/aromatic N) is 1. The van der Waals surface area contributed by atoms with Gasteiger partial charge in [0.2, 0.25) is 0 Å². The summed E-state index contributed by atoms with van der Waals surface area (Å²) in [5.74, 6) is -0.292. The van der Waals surface area contributed by atoms with Crippen LogP contribution in [-0.2, 0) is 6.54 Å². The third kappa shape index (κ3) is 3.44. The molecule has 1 aliphatic carbocycles. The molecule has 0 aliphatic heterocycles. The monoisotopic (exact) mass is 283 g/mol. The van der Waals surface area contributed by atoms with Crippen molar-refractivity contribution in [3.63, 3.8) is 0 Å². The topological polar surface area (TPSA) is 91.3 Å². The second-order valence-electron chi connectivity index (χ2n) is 4.93. The second kappa shape index (κ2) is 5.56. The highest BCUT2D eigenvalue weighted by atomic mass is 32.1. The molecule has 3 N–H and O–H groups in total. The molecule has 0 unspecified atom stereocenters. The zero-order valence-corrected chi connectivity index (χ0v) is 11.7. The van der Waals surface area contributed by atoms with Crippen molar-refractivity contribution < 1.29 is 14.7 Å². The maximum atomic E-state index is 11.6. The third-order valence-corrected chi connectivity index (χ3v) is 4.29. The number of aromatic carboxylic acids is 1. The minimum Gasteiger partial charge on any atom is -0.477 e. The van der Waals surface area contributed by atoms with Crippen molar-refractivity contribution in [1.29, 1.82) is 0 Å². The number of carboxylic acids is 1. The number of thiazole rings is 1. The summed E-state index contributed by atoms with van der Waals surface area (Å²) in [5.41, 5.74) is 0.488. The Hall–Kier alpha value is -1.63. The van der Waals surface area contributed by atoms with Crippen LogP contribution in [0, 0.1) is 12.8 Å². The quantitative estimate of drug-likeness (QED) is 0.785. The van der Waals surface area contributed by atoms with E-state index in [-0.39, 0.29) is 23.5 Å². The van der Waals surface area contributed by atoms with Crippen LogP contribution in [0.15, 0.2) is 0 Å². The lowest BCUT2D eigenvalue weighted by Gasteiger charge is -2.33. The van der Waals surface area contributed by atoms with Crippen molar-refractivity contribution in [1.82, 2.24) is 15.6 Å². The molecule has 1 heterocycles. The fraction of sp³-hybridized carbons (Fsp3) is 0.583. The fourth-order valence-corrected chi connectivity index (χ4v) is 2.98. The minimum absolute atomic E-state index is 0.221. The Bertz CT molecular complexity index is 494. The number of hydrogen-bond donors (Lipinski definition) is 3. The van der Waals surface area contributed by atoms with Crippen molar-refractivity contribution in [2.75, 3.05) is 0 Å². The normalized spacial score (nSPS) is 21.6. The Balaban J connectivity index is 1.80. The number of rotatable bonds is 4. The van der Waals surface area contributed by atoms with Gasteiger partial charge in [-0.15, -0.1) is 11.3 Å². The van der Waals surface area contributed by atoms with Crippen molar-refractivity contribution in [2.45, 2.75) is 39.3 Å². The Morgan fingerprint density at radius 3 is 2.68 bits per heavy atom. The molecule has 1 fully saturated rings. The van der Waals surface area contributed by atoms with Crippen LogP contribution < -0.4 is 10.6 Å². The molecule has 1 aromatic heterocycles. The van der Waals surface area contributed by atoms with E-state index in [1.54, 1.807) is 6.92 Å². The first-order valence-electron chi connectivity index (χ1n) is 6.19. The lowest BCUT2D eigenvalue weighted by molar-refractivity contribution is 0.0701. The molecule has 2 rings (SSSR count). The summed E-state index contributed by atoms with van der Waals surface area (Å²) in [5, 5.41) is 15.1. The molecule has 0 radical (unpaired) electrons. The highest BCUT2D eigenvalue weighted by Gasteiger charge is 2.26. The van der Waals surface area contributed by atoms with Gasteiger partial charge in [0.05, 0.1) is 12.2 Å². The third-order valence-electron chi connectivity index (χ3n) is 3.14. The Morgan fingerprint density at radius 1 is 1.47 bits per heavy atom. The van der Waals surface area contributed by atoms with Gasteiger partial charge in [-0.05, 0) is 25.7 Å². The Labute approximate surface area is 115 Å². The van der Waals surface area contributed by atoms with Gasteiger partial charge in [-0.2, -0.15) is 0 Å². The summed E-state index contributed by atoms with van der Waals surface area (Å²) in [6, 6.07) is 0.0456. The number of carbonyl (C=O) groups excluding carboxylic acids is 1. The van der Waals surface area contributed by atoms with Crippen LogP contribution in [0.5, 0.6) is 0 Å². The molecule has 0 bridgehead atoms. The van der Waals surface area contributed by atoms with Crippen molar-refractivity contribution in [3.8, 4) is 0 Å². The molecule has 19 heavy (non-hydrogen) atoms. The van der Waals surface area contributed by atoms with Gasteiger partial charge in [0.25, 0.3) is 0 Å². The van der Waals surface area contributed by atoms with Gasteiger partial charge in [-0.25, -0.2) is 14.6 Å². The number of urea groups is 1. The number of carbonyl (C=O) groups is 2. The molecular formula is C12H17N3O3S. The first kappa shape index (κ1) is 13.8. The molecule has 1 aromatic rings. The molecular weight excluding hydrogens is 266 g/mol. The van der Waals surface area contributed by atoms with Gasteiger partial charge < -0.3 is 15.7 Å². The van der Waals surface area contributed by atoms with Crippen LogP contribution in [-0.4, -0.2) is 28.1 Å². The van der Waals surface area contributed by atoms with Gasteiger partial charge in [0, 0.05) is 6.04 Å². The smallest absolute Gasteiger partial charge is 0.347 e. The largest absolute Gasteiger partial charge is 0.477 e. The van der Waals surface area contributed by atoms with E-state index in [1.807, 2.05) is 0 Å². The number of hydrogen-bond acceptors (Lipinski definition) is 4. The average Bonchev–Trinajstić information content (AvgIpc) is 2.66. The highest BCUT2D eigenvalue weighted by molar-refractivity contribution is 7.13. The molecule has 7 heteroatoms. The van der Waals surface area contributed by atoms with E-state index < -0.39 is 5.97 Å². The lowest BCUT2D eigenvalue weighted by atomic mass is 9.82. The molecule has 0 saturated heterocycles. The predicted molar refractivity (Wildman–Crippen MR) is 71.4 cm³/mol. The summed E-state index contributed by atoms with van der Waals surface area (Å²) in [6.45, 7) is 4.06. The maximum absolute atomic E-state index is 11.6. The Morgan fingerprint density at radius 2 is 2.16 bits per heavy atom. The summed E-state index contributed by atoms with van der Waals surface area (Å²) in [7, 11) is 0. The van der Waals surface area contributed by atoms with Crippen LogP contribution in [0.1, 0.15) is 40.1 Å². The highest BCUT2D eigenvalue weighted by Crippen LogP contribution is 2.26. The Kier molecular flexibility index (Phi) is 4.04. The van der Waals surface area contributed by atoms with Gasteiger partial charge in [-0.3, -0.25) is 0 Å². The zero-order valence-electron chi connectivity index (χ0n) is 10.9. The van der Waals surface area contributed by atoms with E-state index >= 15 is 0 Å². The van der Waals surface area contributed by atoms with E-state index in [0.717, 1.165) is 24.2 Å². The van der Waals surface area contributed by atoms with Crippen molar-refractivity contribution >= 4 is 23.3 Å². The molecule has 0 aromatic carbocycles. The molecule has 1 saturated carbocycles. The molecule has 0 atom stereocenters. The fourth-order valence-electron chi connectivity index (χ4n) is 2.14. The van der Waals surface area contributed by atoms with Crippen LogP contribution >= 0.6 is 11.3 Å². The van der Waals surface area contributed by atoms with E-state index in [9.17, 15) is 9.59 Å². The second-order valence-corrected chi connectivity index (χ2v) is 6.01. The number of aryl methyl sites for hydroxylation is 1. The maximum Gasteiger partial charge on any atom is 0.347 e. The van der Waals surface area contributed by atoms with Gasteiger partial charge in [0.15, 0.2) is 0 Å². The summed E-state index contributed by atoms with van der Waals surface area (Å²) in [4.78, 5) is 26.8. The number of nitrogens with one attached hydrogen (secondary N) is 2. The van der Waals surface area contributed by atoms with Crippen molar-refractivity contribution in [3.05, 3.63) is 15.6 Å². The number of carboxylic acid groups (broad SMARTS) is 1. The summed E-state index contributed by atoms with van der Waals surface area (Å²) < 4.78 is 0. The lowest BCUT2D eigenvalue weighted by Crippen LogP contribution is -2.47. The molecule has 0 spiro atoms. The summed E-state index contributed by atoms with van der Waals surface area (Å²) >= 11 is 1.10. The predicted octanol–water partition coefficient (Wildman–Crippen LogP) is 1.75. The van der Waals surface area contributed by atoms with E-state index in [2.05, 4.69) is 22.5 Å². The molecule has 6 nitrogen and oxygen atoms in total. The van der Waals surface area contributed by atoms with Crippen LogP contribution in [0.4, 0.5) is 4.79 Å². The first-order valence-corrected chi connectivity index (χ1v) is 7.01. The minimum atomic E-state index is -0.978. The SMILES string of the molecule is Cc1nc(CNC(=O)NC2CC(C)C2)sc1C(=O)O. The molecule has 1 aliphatic rings. The zero-order chi connectivity index (χ0) is 14.0. The molecule has 104 valence electrons. The van der Waals surface area contributed by atoms with Gasteiger partial charge >= 0.3 is 12.0 Å². The van der Waals surface area contributed by atoms with E-state index in [0.29, 0.717) is 16.6 Å². The van der Waals surface area contributed by atoms with Crippen molar-refractivity contribution in [2.24, 2.45) is 5.92 Å². The number of aromatic nitrogens is 1. The van der Waals surface area contributed by atoms with E-state index in [4.69, 9.17) is 5.11 Å². The molecule has 2 amide bonds. The van der Waals surface area contributed by atoms with Crippen LogP contribution in [0.2, 0.25) is 0 Å². The number of amides is 2. The van der Waals surface area contributed by atoms with Gasteiger partial charge in [0.1, 0.15) is 9.88 Å². The van der Waals surface area contributed by atoms with Crippen LogP contribution in [0.25, 0.3) is 0 Å². The average molecular weight is 283 g/mol. The summed E-state index contributed by atoms with van der Waals surface area (Å²) in [6.07, 6.45) is 2.04. The van der Waals surface area contributed by atoms with Gasteiger partial charge in [-0.1, -0.05) is 6.92 Å².